The number of carboxylic acid groups (broad SMARTS) is 1. The van der Waals surface area contributed by atoms with Crippen molar-refractivity contribution in [2.45, 2.75) is 6.42 Å². The molecule has 0 radical (unpaired) electrons. The van der Waals surface area contributed by atoms with Gasteiger partial charge in [-0.15, -0.1) is 0 Å². The lowest BCUT2D eigenvalue weighted by Crippen LogP contribution is -2.46. The number of nitrogens with one attached hydrogen (secondary N) is 1. The summed E-state index contributed by atoms with van der Waals surface area (Å²) in [5.41, 5.74) is -0.500. The molecule has 1 aromatic carbocycles. The predicted octanol–water partition coefficient (Wildman–Crippen LogP) is 1.59. The van der Waals surface area contributed by atoms with E-state index in [1.165, 1.54) is 0 Å². The van der Waals surface area contributed by atoms with Crippen LogP contribution in [0.3, 0.4) is 0 Å². The molecular weight excluding hydrogens is 242 g/mol. The molecule has 1 amide bonds. The van der Waals surface area contributed by atoms with Crippen LogP contribution in [0, 0.1) is 34.5 Å². The highest BCUT2D eigenvalue weighted by Gasteiger charge is 3.09. The Hall–Kier alpha value is -1.84. The van der Waals surface area contributed by atoms with Crippen molar-refractivity contribution >= 4 is 17.6 Å². The molecule has 6 unspecified atom stereocenters. The van der Waals surface area contributed by atoms with Crippen molar-refractivity contribution in [3.63, 3.8) is 0 Å². The molecule has 0 aromatic heterocycles. The molecular formula is C15H13NO3. The van der Waals surface area contributed by atoms with Gasteiger partial charge in [0.2, 0.25) is 5.91 Å². The first-order valence-corrected chi connectivity index (χ1v) is 6.76. The third-order valence-corrected chi connectivity index (χ3v) is 6.21. The number of hydrogen-bond acceptors (Lipinski definition) is 2. The first-order valence-electron chi connectivity index (χ1n) is 6.76. The molecule has 6 atom stereocenters. The third-order valence-electron chi connectivity index (χ3n) is 6.21. The van der Waals surface area contributed by atoms with E-state index in [0.717, 1.165) is 12.1 Å². The molecule has 6 rings (SSSR count). The van der Waals surface area contributed by atoms with Crippen LogP contribution in [-0.2, 0) is 9.59 Å². The van der Waals surface area contributed by atoms with Crippen molar-refractivity contribution in [2.75, 3.05) is 5.32 Å². The third kappa shape index (κ3) is 0.718. The summed E-state index contributed by atoms with van der Waals surface area (Å²) < 4.78 is 0. The minimum Gasteiger partial charge on any atom is -0.481 e. The number of anilines is 1. The Morgan fingerprint density at radius 3 is 2.32 bits per heavy atom. The number of carboxylic acids is 1. The molecule has 96 valence electrons. The van der Waals surface area contributed by atoms with Crippen LogP contribution < -0.4 is 5.32 Å². The molecule has 0 heterocycles. The molecule has 1 aromatic rings. The van der Waals surface area contributed by atoms with Gasteiger partial charge in [0, 0.05) is 5.69 Å². The van der Waals surface area contributed by atoms with Crippen LogP contribution in [-0.4, -0.2) is 17.0 Å². The summed E-state index contributed by atoms with van der Waals surface area (Å²) in [6.07, 6.45) is 0.948. The summed E-state index contributed by atoms with van der Waals surface area (Å²) in [5.74, 6) is 0.465. The van der Waals surface area contributed by atoms with Crippen molar-refractivity contribution in [2.24, 2.45) is 34.5 Å². The zero-order valence-electron chi connectivity index (χ0n) is 10.2. The van der Waals surface area contributed by atoms with Gasteiger partial charge in [0.05, 0.1) is 10.8 Å². The van der Waals surface area contributed by atoms with Crippen LogP contribution in [0.5, 0.6) is 0 Å². The molecule has 19 heavy (non-hydrogen) atoms. The van der Waals surface area contributed by atoms with Gasteiger partial charge in [0.1, 0.15) is 0 Å². The van der Waals surface area contributed by atoms with Crippen molar-refractivity contribution in [1.82, 2.24) is 0 Å². The molecule has 0 aliphatic heterocycles. The molecule has 4 heteroatoms. The molecule has 5 fully saturated rings. The van der Waals surface area contributed by atoms with E-state index in [0.29, 0.717) is 17.8 Å². The quantitative estimate of drug-likeness (QED) is 0.862. The maximum absolute atomic E-state index is 12.6. The SMILES string of the molecule is O=C(O)C12C3CC4C(C31)C42C(=O)Nc1ccccc1. The van der Waals surface area contributed by atoms with Crippen molar-refractivity contribution < 1.29 is 14.7 Å². The normalized spacial score (nSPS) is 49.9. The summed E-state index contributed by atoms with van der Waals surface area (Å²) in [6.45, 7) is 0. The Labute approximate surface area is 109 Å². The first-order chi connectivity index (χ1) is 9.16. The van der Waals surface area contributed by atoms with Crippen LogP contribution in [0.25, 0.3) is 0 Å². The molecule has 2 bridgehead atoms. The summed E-state index contributed by atoms with van der Waals surface area (Å²) in [7, 11) is 0. The van der Waals surface area contributed by atoms with E-state index in [1.54, 1.807) is 0 Å². The fourth-order valence-corrected chi connectivity index (χ4v) is 5.79. The van der Waals surface area contributed by atoms with Gasteiger partial charge in [0.15, 0.2) is 0 Å². The van der Waals surface area contributed by atoms with Gasteiger partial charge in [-0.3, -0.25) is 9.59 Å². The first kappa shape index (κ1) is 10.0. The average molecular weight is 255 g/mol. The monoisotopic (exact) mass is 255 g/mol. The van der Waals surface area contributed by atoms with Crippen LogP contribution >= 0.6 is 0 Å². The lowest BCUT2D eigenvalue weighted by atomic mass is 9.71. The highest BCUT2D eigenvalue weighted by atomic mass is 16.4. The van der Waals surface area contributed by atoms with Crippen molar-refractivity contribution in [3.05, 3.63) is 30.3 Å². The van der Waals surface area contributed by atoms with Crippen molar-refractivity contribution in [3.8, 4) is 0 Å². The highest BCUT2D eigenvalue weighted by molar-refractivity contribution is 6.08. The number of benzene rings is 1. The summed E-state index contributed by atoms with van der Waals surface area (Å²) in [5, 5.41) is 12.4. The number of aliphatic carboxylic acids is 1. The molecule has 5 aliphatic carbocycles. The number of carbonyl (C=O) groups is 2. The fraction of sp³-hybridized carbons (Fsp3) is 0.467. The van der Waals surface area contributed by atoms with E-state index < -0.39 is 16.8 Å². The van der Waals surface area contributed by atoms with Gasteiger partial charge < -0.3 is 10.4 Å². The smallest absolute Gasteiger partial charge is 0.311 e. The highest BCUT2D eigenvalue weighted by Crippen LogP contribution is 3.04. The second kappa shape index (κ2) is 2.55. The van der Waals surface area contributed by atoms with Crippen LogP contribution in [0.15, 0.2) is 30.3 Å². The predicted molar refractivity (Wildman–Crippen MR) is 66.2 cm³/mol. The zero-order valence-corrected chi connectivity index (χ0v) is 10.2. The summed E-state index contributed by atoms with van der Waals surface area (Å²) in [4.78, 5) is 24.2. The van der Waals surface area contributed by atoms with Crippen LogP contribution in [0.1, 0.15) is 6.42 Å². The Morgan fingerprint density at radius 1 is 1.11 bits per heavy atom. The molecule has 5 aliphatic rings. The number of carbonyl (C=O) groups excluding carboxylic acids is 1. The van der Waals surface area contributed by atoms with E-state index in [-0.39, 0.29) is 11.8 Å². The van der Waals surface area contributed by atoms with E-state index in [2.05, 4.69) is 5.32 Å². The number of hydrogen-bond donors (Lipinski definition) is 2. The molecule has 4 nitrogen and oxygen atoms in total. The zero-order chi connectivity index (χ0) is 13.0. The molecule has 0 saturated heterocycles. The van der Waals surface area contributed by atoms with Gasteiger partial charge in [-0.25, -0.2) is 0 Å². The Bertz CT molecular complexity index is 630. The summed E-state index contributed by atoms with van der Waals surface area (Å²) in [6, 6.07) is 9.31. The second-order valence-corrected chi connectivity index (χ2v) is 6.36. The van der Waals surface area contributed by atoms with Gasteiger partial charge >= 0.3 is 5.97 Å². The molecule has 5 saturated carbocycles. The summed E-state index contributed by atoms with van der Waals surface area (Å²) >= 11 is 0. The van der Waals surface area contributed by atoms with Gasteiger partial charge in [0.25, 0.3) is 0 Å². The topological polar surface area (TPSA) is 66.4 Å². The maximum Gasteiger partial charge on any atom is 0.311 e. The average Bonchev–Trinajstić information content (AvgIpc) is 3.02. The Balaban J connectivity index is 1.49. The number of rotatable bonds is 3. The lowest BCUT2D eigenvalue weighted by Gasteiger charge is -2.31. The largest absolute Gasteiger partial charge is 0.481 e. The molecule has 0 spiro atoms. The maximum atomic E-state index is 12.6. The van der Waals surface area contributed by atoms with E-state index in [1.807, 2.05) is 30.3 Å². The number of para-hydroxylation sites is 1. The minimum absolute atomic E-state index is 0.0626. The second-order valence-electron chi connectivity index (χ2n) is 6.36. The van der Waals surface area contributed by atoms with E-state index >= 15 is 0 Å². The Morgan fingerprint density at radius 2 is 1.74 bits per heavy atom. The van der Waals surface area contributed by atoms with Gasteiger partial charge in [-0.1, -0.05) is 18.2 Å². The van der Waals surface area contributed by atoms with Crippen LogP contribution in [0.2, 0.25) is 0 Å². The minimum atomic E-state index is -0.748. The molecule has 2 N–H and O–H groups in total. The number of amides is 1. The van der Waals surface area contributed by atoms with Gasteiger partial charge in [-0.2, -0.15) is 0 Å². The standard InChI is InChI=1S/C15H13NO3/c17-12(16-7-4-2-1-3-5-7)14-8-6-9-11(10(8)14)15(9,14)13(18)19/h1-5,8-11H,6H2,(H,16,17)(H,18,19). The fourth-order valence-electron chi connectivity index (χ4n) is 5.79. The lowest BCUT2D eigenvalue weighted by molar-refractivity contribution is -0.155. The van der Waals surface area contributed by atoms with E-state index in [4.69, 9.17) is 0 Å². The van der Waals surface area contributed by atoms with Gasteiger partial charge in [-0.05, 0) is 42.2 Å². The van der Waals surface area contributed by atoms with Crippen molar-refractivity contribution in [1.29, 1.82) is 0 Å². The Kier molecular flexibility index (Phi) is 1.34. The van der Waals surface area contributed by atoms with E-state index in [9.17, 15) is 14.7 Å². The van der Waals surface area contributed by atoms with Crippen LogP contribution in [0.4, 0.5) is 5.69 Å².